The highest BCUT2D eigenvalue weighted by Crippen LogP contribution is 2.41. The molecule has 0 saturated carbocycles. The summed E-state index contributed by atoms with van der Waals surface area (Å²) in [7, 11) is 0. The molecule has 0 saturated heterocycles. The molecule has 4 heteroatoms. The van der Waals surface area contributed by atoms with Gasteiger partial charge in [0.05, 0.1) is 6.10 Å². The number of benzene rings is 2. The first-order chi connectivity index (χ1) is 9.67. The molecule has 0 bridgehead atoms. The summed E-state index contributed by atoms with van der Waals surface area (Å²) < 4.78 is 5.99. The second-order valence-corrected chi connectivity index (χ2v) is 6.13. The number of hydrogen-bond donors (Lipinski definition) is 1. The summed E-state index contributed by atoms with van der Waals surface area (Å²) >= 11 is 7.67. The highest BCUT2D eigenvalue weighted by Gasteiger charge is 2.28. The molecule has 2 nitrogen and oxygen atoms in total. The fourth-order valence-corrected chi connectivity index (χ4v) is 3.03. The fourth-order valence-electron chi connectivity index (χ4n) is 2.44. The summed E-state index contributed by atoms with van der Waals surface area (Å²) in [5, 5.41) is 10.9. The van der Waals surface area contributed by atoms with E-state index in [0.717, 1.165) is 11.1 Å². The van der Waals surface area contributed by atoms with Crippen LogP contribution in [0, 0.1) is 0 Å². The maximum atomic E-state index is 10.3. The van der Waals surface area contributed by atoms with E-state index in [1.807, 2.05) is 6.07 Å². The molecule has 104 valence electrons. The largest absolute Gasteiger partial charge is 0.485 e. The van der Waals surface area contributed by atoms with Crippen molar-refractivity contribution in [3.8, 4) is 5.75 Å². The average molecular weight is 307 g/mol. The average Bonchev–Trinajstić information content (AvgIpc) is 2.48. The second kappa shape index (κ2) is 5.68. The first-order valence-electron chi connectivity index (χ1n) is 6.45. The van der Waals surface area contributed by atoms with Crippen molar-refractivity contribution >= 4 is 23.4 Å². The van der Waals surface area contributed by atoms with Crippen molar-refractivity contribution in [2.75, 3.05) is 6.26 Å². The van der Waals surface area contributed by atoms with E-state index in [-0.39, 0.29) is 6.10 Å². The van der Waals surface area contributed by atoms with Crippen molar-refractivity contribution in [2.24, 2.45) is 0 Å². The molecule has 0 radical (unpaired) electrons. The molecule has 0 fully saturated rings. The Morgan fingerprint density at radius 2 is 1.95 bits per heavy atom. The van der Waals surface area contributed by atoms with E-state index in [2.05, 4.69) is 30.5 Å². The van der Waals surface area contributed by atoms with Gasteiger partial charge in [-0.25, -0.2) is 0 Å². The van der Waals surface area contributed by atoms with Gasteiger partial charge in [0.15, 0.2) is 0 Å². The molecule has 1 aliphatic rings. The molecule has 2 atom stereocenters. The third-order valence-electron chi connectivity index (χ3n) is 3.52. The number of halogens is 1. The molecule has 3 rings (SSSR count). The summed E-state index contributed by atoms with van der Waals surface area (Å²) in [6.45, 7) is 0. The van der Waals surface area contributed by atoms with Gasteiger partial charge in [0.2, 0.25) is 0 Å². The Kier molecular flexibility index (Phi) is 3.92. The van der Waals surface area contributed by atoms with Crippen LogP contribution in [-0.2, 0) is 0 Å². The van der Waals surface area contributed by atoms with Gasteiger partial charge in [-0.3, -0.25) is 0 Å². The Labute approximate surface area is 127 Å². The lowest BCUT2D eigenvalue weighted by Gasteiger charge is -2.30. The van der Waals surface area contributed by atoms with E-state index < -0.39 is 6.10 Å². The van der Waals surface area contributed by atoms with Gasteiger partial charge >= 0.3 is 0 Å². The minimum atomic E-state index is -0.539. The van der Waals surface area contributed by atoms with Crippen molar-refractivity contribution in [3.63, 3.8) is 0 Å². The number of aliphatic hydroxyl groups is 1. The topological polar surface area (TPSA) is 29.5 Å². The fraction of sp³-hybridized carbons (Fsp3) is 0.250. The molecule has 0 amide bonds. The van der Waals surface area contributed by atoms with Crippen LogP contribution < -0.4 is 4.74 Å². The van der Waals surface area contributed by atoms with Crippen LogP contribution in [0.3, 0.4) is 0 Å². The SMILES string of the molecule is CSc1ccc(C2C[C@@H](O)c3cc(Cl)ccc3O2)cc1. The molecule has 0 aliphatic carbocycles. The first kappa shape index (κ1) is 13.8. The Bertz CT molecular complexity index is 612. The molecule has 0 aromatic heterocycles. The van der Waals surface area contributed by atoms with Gasteiger partial charge in [0.1, 0.15) is 11.9 Å². The molecule has 1 heterocycles. The molecule has 2 aromatic rings. The van der Waals surface area contributed by atoms with Gasteiger partial charge in [0.25, 0.3) is 0 Å². The lowest BCUT2D eigenvalue weighted by molar-refractivity contribution is 0.0657. The number of fused-ring (bicyclic) bond motifs is 1. The molecule has 0 spiro atoms. The summed E-state index contributed by atoms with van der Waals surface area (Å²) in [5.74, 6) is 0.715. The van der Waals surface area contributed by atoms with Crippen LogP contribution in [-0.4, -0.2) is 11.4 Å². The first-order valence-corrected chi connectivity index (χ1v) is 8.06. The van der Waals surface area contributed by atoms with Crippen molar-refractivity contribution in [2.45, 2.75) is 23.5 Å². The van der Waals surface area contributed by atoms with Crippen LogP contribution in [0.2, 0.25) is 5.02 Å². The number of thioether (sulfide) groups is 1. The molecule has 20 heavy (non-hydrogen) atoms. The quantitative estimate of drug-likeness (QED) is 0.821. The standard InChI is InChI=1S/C16H15ClO2S/c1-20-12-5-2-10(3-6-12)16-9-14(18)13-8-11(17)4-7-15(13)19-16/h2-8,14,16,18H,9H2,1H3/t14-,16?/m1/s1. The predicted molar refractivity (Wildman–Crippen MR) is 82.6 cm³/mol. The number of hydrogen-bond acceptors (Lipinski definition) is 3. The predicted octanol–water partition coefficient (Wildman–Crippen LogP) is 4.62. The van der Waals surface area contributed by atoms with E-state index in [0.29, 0.717) is 17.2 Å². The monoisotopic (exact) mass is 306 g/mol. The molecule has 1 N–H and O–H groups in total. The van der Waals surface area contributed by atoms with Crippen molar-refractivity contribution in [1.29, 1.82) is 0 Å². The molecular formula is C16H15ClO2S. The zero-order valence-electron chi connectivity index (χ0n) is 11.0. The third kappa shape index (κ3) is 2.66. The molecule has 1 unspecified atom stereocenters. The van der Waals surface area contributed by atoms with Gasteiger partial charge in [-0.15, -0.1) is 11.8 Å². The van der Waals surface area contributed by atoms with E-state index in [9.17, 15) is 5.11 Å². The summed E-state index contributed by atoms with van der Waals surface area (Å²) in [4.78, 5) is 1.22. The van der Waals surface area contributed by atoms with Gasteiger partial charge < -0.3 is 9.84 Å². The van der Waals surface area contributed by atoms with E-state index >= 15 is 0 Å². The van der Waals surface area contributed by atoms with Crippen LogP contribution in [0.15, 0.2) is 47.4 Å². The van der Waals surface area contributed by atoms with Gasteiger partial charge in [0, 0.05) is 21.9 Å². The van der Waals surface area contributed by atoms with Crippen LogP contribution in [0.1, 0.15) is 29.8 Å². The third-order valence-corrected chi connectivity index (χ3v) is 4.50. The summed E-state index contributed by atoms with van der Waals surface area (Å²) in [6.07, 6.45) is 1.94. The molecular weight excluding hydrogens is 292 g/mol. The maximum Gasteiger partial charge on any atom is 0.127 e. The zero-order valence-corrected chi connectivity index (χ0v) is 12.6. The highest BCUT2D eigenvalue weighted by atomic mass is 35.5. The van der Waals surface area contributed by atoms with Gasteiger partial charge in [-0.05, 0) is 42.2 Å². The van der Waals surface area contributed by atoms with Crippen LogP contribution in [0.5, 0.6) is 5.75 Å². The summed E-state index contributed by atoms with van der Waals surface area (Å²) in [5.41, 5.74) is 1.86. The Morgan fingerprint density at radius 3 is 2.65 bits per heavy atom. The van der Waals surface area contributed by atoms with Crippen LogP contribution >= 0.6 is 23.4 Å². The molecule has 1 aliphatic heterocycles. The van der Waals surface area contributed by atoms with Gasteiger partial charge in [-0.1, -0.05) is 23.7 Å². The Morgan fingerprint density at radius 1 is 1.20 bits per heavy atom. The lowest BCUT2D eigenvalue weighted by atomic mass is 9.95. The second-order valence-electron chi connectivity index (χ2n) is 4.81. The van der Waals surface area contributed by atoms with Crippen molar-refractivity contribution < 1.29 is 9.84 Å². The van der Waals surface area contributed by atoms with E-state index in [4.69, 9.17) is 16.3 Å². The summed E-state index contributed by atoms with van der Waals surface area (Å²) in [6, 6.07) is 13.7. The van der Waals surface area contributed by atoms with Crippen molar-refractivity contribution in [3.05, 3.63) is 58.6 Å². The highest BCUT2D eigenvalue weighted by molar-refractivity contribution is 7.98. The van der Waals surface area contributed by atoms with Crippen LogP contribution in [0.4, 0.5) is 0 Å². The van der Waals surface area contributed by atoms with Crippen molar-refractivity contribution in [1.82, 2.24) is 0 Å². The number of ether oxygens (including phenoxy) is 1. The zero-order chi connectivity index (χ0) is 14.1. The minimum Gasteiger partial charge on any atom is -0.485 e. The minimum absolute atomic E-state index is 0.116. The lowest BCUT2D eigenvalue weighted by Crippen LogP contribution is -2.18. The molecule has 2 aromatic carbocycles. The van der Waals surface area contributed by atoms with E-state index in [1.165, 1.54) is 4.90 Å². The maximum absolute atomic E-state index is 10.3. The van der Waals surface area contributed by atoms with Crippen LogP contribution in [0.25, 0.3) is 0 Å². The number of rotatable bonds is 2. The smallest absolute Gasteiger partial charge is 0.127 e. The normalized spacial score (nSPS) is 21.1. The Balaban J connectivity index is 1.88. The van der Waals surface area contributed by atoms with Gasteiger partial charge in [-0.2, -0.15) is 0 Å². The Hall–Kier alpha value is -1.16. The number of aliphatic hydroxyl groups excluding tert-OH is 1. The van der Waals surface area contributed by atoms with E-state index in [1.54, 1.807) is 23.9 Å².